The Kier molecular flexibility index (Phi) is 7.41. The van der Waals surface area contributed by atoms with Gasteiger partial charge in [0.2, 0.25) is 5.91 Å². The monoisotopic (exact) mass is 425 g/mol. The Labute approximate surface area is 182 Å². The van der Waals surface area contributed by atoms with Gasteiger partial charge in [0.25, 0.3) is 5.91 Å². The van der Waals surface area contributed by atoms with Crippen LogP contribution in [-0.4, -0.2) is 53.0 Å². The summed E-state index contributed by atoms with van der Waals surface area (Å²) in [4.78, 5) is 29.0. The van der Waals surface area contributed by atoms with E-state index in [1.165, 1.54) is 5.56 Å². The van der Waals surface area contributed by atoms with Crippen LogP contribution in [0.1, 0.15) is 25.3 Å². The van der Waals surface area contributed by atoms with Crippen molar-refractivity contribution in [2.24, 2.45) is 0 Å². The van der Waals surface area contributed by atoms with Gasteiger partial charge < -0.3 is 15.0 Å². The molecule has 0 unspecified atom stereocenters. The normalized spacial score (nSPS) is 16.1. The standard InChI is InChI=1S/C23H27N3O3S/c1-3-25-22(28)20(16-21(27)24-18-11-13-19(29-2)14-12-18)26(23(25)30)15-7-10-17-8-5-4-6-9-17/h4-6,8-9,11-14,20H,3,7,10,15-16H2,1-2H3,(H,24,27)/t20-/m0/s1. The molecule has 0 bridgehead atoms. The van der Waals surface area contributed by atoms with E-state index < -0.39 is 6.04 Å². The second-order valence-corrected chi connectivity index (χ2v) is 7.51. The number of carbonyl (C=O) groups is 2. The zero-order chi connectivity index (χ0) is 21.5. The lowest BCUT2D eigenvalue weighted by atomic mass is 10.1. The maximum Gasteiger partial charge on any atom is 0.252 e. The highest BCUT2D eigenvalue weighted by molar-refractivity contribution is 7.80. The molecule has 0 aromatic heterocycles. The van der Waals surface area contributed by atoms with E-state index in [1.807, 2.05) is 30.0 Å². The summed E-state index contributed by atoms with van der Waals surface area (Å²) in [5.74, 6) is 0.395. The van der Waals surface area contributed by atoms with E-state index in [4.69, 9.17) is 17.0 Å². The number of aryl methyl sites for hydroxylation is 1. The quantitative estimate of drug-likeness (QED) is 0.624. The third-order valence-corrected chi connectivity index (χ3v) is 5.63. The van der Waals surface area contributed by atoms with Gasteiger partial charge in [0.15, 0.2) is 5.11 Å². The minimum Gasteiger partial charge on any atom is -0.497 e. The largest absolute Gasteiger partial charge is 0.497 e. The summed E-state index contributed by atoms with van der Waals surface area (Å²) in [7, 11) is 1.59. The average Bonchev–Trinajstić information content (AvgIpc) is 2.98. The Balaban J connectivity index is 1.63. The molecule has 2 aromatic rings. The molecule has 158 valence electrons. The molecule has 1 heterocycles. The van der Waals surface area contributed by atoms with E-state index >= 15 is 0 Å². The molecule has 0 spiro atoms. The van der Waals surface area contributed by atoms with Gasteiger partial charge in [-0.25, -0.2) is 0 Å². The highest BCUT2D eigenvalue weighted by atomic mass is 32.1. The number of likely N-dealkylation sites (N-methyl/N-ethyl adjacent to an activating group) is 1. The minimum atomic E-state index is -0.563. The molecular formula is C23H27N3O3S. The number of ether oxygens (including phenoxy) is 1. The number of benzene rings is 2. The van der Waals surface area contributed by atoms with Crippen molar-refractivity contribution in [2.45, 2.75) is 32.2 Å². The first kappa shape index (κ1) is 21.8. The van der Waals surface area contributed by atoms with E-state index in [1.54, 1.807) is 36.3 Å². The summed E-state index contributed by atoms with van der Waals surface area (Å²) in [5.41, 5.74) is 1.91. The van der Waals surface area contributed by atoms with Crippen LogP contribution in [0.2, 0.25) is 0 Å². The molecule has 1 atom stereocenters. The van der Waals surface area contributed by atoms with Crippen LogP contribution >= 0.6 is 12.2 Å². The Hall–Kier alpha value is -2.93. The Bertz CT molecular complexity index is 886. The smallest absolute Gasteiger partial charge is 0.252 e. The van der Waals surface area contributed by atoms with Gasteiger partial charge in [-0.3, -0.25) is 14.5 Å². The molecule has 6 nitrogen and oxygen atoms in total. The summed E-state index contributed by atoms with van der Waals surface area (Å²) in [6.07, 6.45) is 1.81. The summed E-state index contributed by atoms with van der Waals surface area (Å²) < 4.78 is 5.13. The second kappa shape index (κ2) is 10.2. The van der Waals surface area contributed by atoms with E-state index in [0.29, 0.717) is 29.6 Å². The molecule has 0 saturated carbocycles. The second-order valence-electron chi connectivity index (χ2n) is 7.14. The van der Waals surface area contributed by atoms with Crippen LogP contribution in [0.5, 0.6) is 5.75 Å². The van der Waals surface area contributed by atoms with E-state index in [-0.39, 0.29) is 18.2 Å². The number of amides is 2. The SMILES string of the molecule is CCN1C(=O)[C@H](CC(=O)Nc2ccc(OC)cc2)N(CCCc2ccccc2)C1=S. The molecule has 30 heavy (non-hydrogen) atoms. The van der Waals surface area contributed by atoms with Gasteiger partial charge in [-0.1, -0.05) is 30.3 Å². The number of anilines is 1. The fraction of sp³-hybridized carbons (Fsp3) is 0.348. The number of hydrogen-bond donors (Lipinski definition) is 1. The molecule has 1 fully saturated rings. The van der Waals surface area contributed by atoms with Crippen LogP contribution in [-0.2, 0) is 16.0 Å². The predicted molar refractivity (Wildman–Crippen MR) is 121 cm³/mol. The van der Waals surface area contributed by atoms with Crippen molar-refractivity contribution in [2.75, 3.05) is 25.5 Å². The van der Waals surface area contributed by atoms with E-state index in [2.05, 4.69) is 17.4 Å². The molecule has 1 aliphatic heterocycles. The highest BCUT2D eigenvalue weighted by Crippen LogP contribution is 2.22. The van der Waals surface area contributed by atoms with Crippen LogP contribution in [0.4, 0.5) is 5.69 Å². The summed E-state index contributed by atoms with van der Waals surface area (Å²) in [6.45, 7) is 3.03. The summed E-state index contributed by atoms with van der Waals surface area (Å²) in [5, 5.41) is 3.37. The molecule has 0 radical (unpaired) electrons. The highest BCUT2D eigenvalue weighted by Gasteiger charge is 2.42. The van der Waals surface area contributed by atoms with Crippen molar-refractivity contribution in [1.29, 1.82) is 0 Å². The molecule has 2 aromatic carbocycles. The number of rotatable bonds is 9. The van der Waals surface area contributed by atoms with Gasteiger partial charge >= 0.3 is 0 Å². The number of nitrogens with one attached hydrogen (secondary N) is 1. The topological polar surface area (TPSA) is 61.9 Å². The average molecular weight is 426 g/mol. The van der Waals surface area contributed by atoms with Crippen molar-refractivity contribution in [3.8, 4) is 5.75 Å². The van der Waals surface area contributed by atoms with Gasteiger partial charge in [-0.2, -0.15) is 0 Å². The first-order chi connectivity index (χ1) is 14.5. The van der Waals surface area contributed by atoms with Crippen LogP contribution in [0, 0.1) is 0 Å². The molecule has 7 heteroatoms. The van der Waals surface area contributed by atoms with Crippen molar-refractivity contribution in [3.63, 3.8) is 0 Å². The Morgan fingerprint density at radius 1 is 1.13 bits per heavy atom. The van der Waals surface area contributed by atoms with Crippen LogP contribution < -0.4 is 10.1 Å². The summed E-state index contributed by atoms with van der Waals surface area (Å²) >= 11 is 5.54. The number of thiocarbonyl (C=S) groups is 1. The van der Waals surface area contributed by atoms with Gasteiger partial charge in [0, 0.05) is 18.8 Å². The molecule has 1 N–H and O–H groups in total. The van der Waals surface area contributed by atoms with Gasteiger partial charge in [-0.15, -0.1) is 0 Å². The van der Waals surface area contributed by atoms with Gasteiger partial charge in [0.1, 0.15) is 11.8 Å². The maximum atomic E-state index is 12.9. The number of carbonyl (C=O) groups excluding carboxylic acids is 2. The zero-order valence-electron chi connectivity index (χ0n) is 17.3. The summed E-state index contributed by atoms with van der Waals surface area (Å²) in [6, 6.07) is 16.7. The predicted octanol–water partition coefficient (Wildman–Crippen LogP) is 3.47. The Morgan fingerprint density at radius 2 is 1.83 bits per heavy atom. The van der Waals surface area contributed by atoms with Gasteiger partial charge in [0.05, 0.1) is 13.5 Å². The van der Waals surface area contributed by atoms with Crippen molar-refractivity contribution in [3.05, 3.63) is 60.2 Å². The van der Waals surface area contributed by atoms with Crippen molar-refractivity contribution < 1.29 is 14.3 Å². The lowest BCUT2D eigenvalue weighted by molar-refractivity contribution is -0.130. The number of hydrogen-bond acceptors (Lipinski definition) is 4. The van der Waals surface area contributed by atoms with E-state index in [0.717, 1.165) is 12.8 Å². The van der Waals surface area contributed by atoms with Crippen LogP contribution in [0.15, 0.2) is 54.6 Å². The van der Waals surface area contributed by atoms with Crippen LogP contribution in [0.3, 0.4) is 0 Å². The number of nitrogens with zero attached hydrogens (tertiary/aromatic N) is 2. The fourth-order valence-corrected chi connectivity index (χ4v) is 4.03. The molecule has 1 aliphatic rings. The molecule has 0 aliphatic carbocycles. The number of methoxy groups -OCH3 is 1. The Morgan fingerprint density at radius 3 is 2.47 bits per heavy atom. The zero-order valence-corrected chi connectivity index (χ0v) is 18.2. The third-order valence-electron chi connectivity index (χ3n) is 5.18. The lowest BCUT2D eigenvalue weighted by Crippen LogP contribution is -2.38. The van der Waals surface area contributed by atoms with Crippen molar-refractivity contribution in [1.82, 2.24) is 9.80 Å². The lowest BCUT2D eigenvalue weighted by Gasteiger charge is -2.23. The fourth-order valence-electron chi connectivity index (χ4n) is 3.60. The van der Waals surface area contributed by atoms with Crippen LogP contribution in [0.25, 0.3) is 0 Å². The molecular weight excluding hydrogens is 398 g/mol. The van der Waals surface area contributed by atoms with Gasteiger partial charge in [-0.05, 0) is 61.8 Å². The molecule has 3 rings (SSSR count). The minimum absolute atomic E-state index is 0.0623. The van der Waals surface area contributed by atoms with Crippen molar-refractivity contribution >= 4 is 34.8 Å². The first-order valence-electron chi connectivity index (χ1n) is 10.1. The molecule has 2 amide bonds. The third kappa shape index (κ3) is 5.16. The van der Waals surface area contributed by atoms with E-state index in [9.17, 15) is 9.59 Å². The molecule has 1 saturated heterocycles. The first-order valence-corrected chi connectivity index (χ1v) is 10.5. The maximum absolute atomic E-state index is 12.9.